The molecule has 0 aliphatic carbocycles. The van der Waals surface area contributed by atoms with Crippen LogP contribution in [0.5, 0.6) is 5.75 Å². The van der Waals surface area contributed by atoms with E-state index in [-0.39, 0.29) is 27.4 Å². The zero-order valence-corrected chi connectivity index (χ0v) is 16.5. The van der Waals surface area contributed by atoms with Gasteiger partial charge in [-0.15, -0.1) is 0 Å². The van der Waals surface area contributed by atoms with Crippen molar-refractivity contribution in [1.82, 2.24) is 5.32 Å². The van der Waals surface area contributed by atoms with E-state index in [1.54, 1.807) is 24.3 Å². The van der Waals surface area contributed by atoms with Crippen LogP contribution in [-0.4, -0.2) is 24.5 Å². The summed E-state index contributed by atoms with van der Waals surface area (Å²) in [5.74, 6) is -0.230. The van der Waals surface area contributed by atoms with Crippen molar-refractivity contribution in [2.75, 3.05) is 12.4 Å². The number of halogens is 2. The molecule has 2 aromatic rings. The predicted molar refractivity (Wildman–Crippen MR) is 105 cm³/mol. The summed E-state index contributed by atoms with van der Waals surface area (Å²) in [7, 11) is 1.45. The van der Waals surface area contributed by atoms with E-state index in [9.17, 15) is 9.59 Å². The fourth-order valence-electron chi connectivity index (χ4n) is 2.21. The Morgan fingerprint density at radius 2 is 1.46 bits per heavy atom. The predicted octanol–water partition coefficient (Wildman–Crippen LogP) is 4.78. The van der Waals surface area contributed by atoms with Gasteiger partial charge in [-0.25, -0.2) is 0 Å². The second-order valence-electron chi connectivity index (χ2n) is 6.71. The monoisotopic (exact) mass is 394 g/mol. The number of nitrogens with one attached hydrogen (secondary N) is 2. The van der Waals surface area contributed by atoms with E-state index >= 15 is 0 Å². The summed E-state index contributed by atoms with van der Waals surface area (Å²) < 4.78 is 5.07. The molecule has 0 aliphatic rings. The average Bonchev–Trinajstić information content (AvgIpc) is 2.53. The van der Waals surface area contributed by atoms with Crippen molar-refractivity contribution in [3.63, 3.8) is 0 Å². The fourth-order valence-corrected chi connectivity index (χ4v) is 2.85. The van der Waals surface area contributed by atoms with Crippen molar-refractivity contribution in [1.29, 1.82) is 0 Å². The van der Waals surface area contributed by atoms with Gasteiger partial charge in [-0.2, -0.15) is 0 Å². The third-order valence-electron chi connectivity index (χ3n) is 3.36. The molecule has 5 nitrogen and oxygen atoms in total. The van der Waals surface area contributed by atoms with E-state index in [1.807, 2.05) is 20.8 Å². The average molecular weight is 395 g/mol. The minimum absolute atomic E-state index is 0.177. The van der Waals surface area contributed by atoms with Gasteiger partial charge in [-0.1, -0.05) is 23.2 Å². The molecule has 2 N–H and O–H groups in total. The minimum Gasteiger partial charge on any atom is -0.494 e. The van der Waals surface area contributed by atoms with Crippen LogP contribution < -0.4 is 15.4 Å². The van der Waals surface area contributed by atoms with Crippen LogP contribution in [0, 0.1) is 0 Å². The van der Waals surface area contributed by atoms with Crippen LogP contribution in [0.3, 0.4) is 0 Å². The van der Waals surface area contributed by atoms with Gasteiger partial charge < -0.3 is 15.4 Å². The minimum atomic E-state index is -0.372. The first kappa shape index (κ1) is 20.1. The molecule has 0 aliphatic heterocycles. The third-order valence-corrected chi connectivity index (χ3v) is 3.92. The van der Waals surface area contributed by atoms with Crippen LogP contribution >= 0.6 is 23.2 Å². The lowest BCUT2D eigenvalue weighted by Crippen LogP contribution is -2.40. The van der Waals surface area contributed by atoms with Gasteiger partial charge in [0.25, 0.3) is 11.8 Å². The Morgan fingerprint density at radius 3 is 1.92 bits per heavy atom. The molecule has 2 rings (SSSR count). The molecule has 0 fully saturated rings. The Balaban J connectivity index is 2.12. The zero-order valence-electron chi connectivity index (χ0n) is 14.9. The van der Waals surface area contributed by atoms with Gasteiger partial charge in [0.15, 0.2) is 5.75 Å². The molecule has 0 aromatic heterocycles. The Morgan fingerprint density at radius 1 is 0.923 bits per heavy atom. The Hall–Kier alpha value is -2.24. The summed E-state index contributed by atoms with van der Waals surface area (Å²) in [5.41, 5.74) is 1.03. The molecule has 2 aromatic carbocycles. The van der Waals surface area contributed by atoms with E-state index in [0.717, 1.165) is 0 Å². The Bertz CT molecular complexity index is 805. The van der Waals surface area contributed by atoms with Gasteiger partial charge in [-0.3, -0.25) is 9.59 Å². The molecule has 0 radical (unpaired) electrons. The van der Waals surface area contributed by atoms with Crippen LogP contribution in [0.4, 0.5) is 5.69 Å². The Kier molecular flexibility index (Phi) is 6.16. The molecular formula is C19H20Cl2N2O3. The fraction of sp³-hybridized carbons (Fsp3) is 0.263. The second kappa shape index (κ2) is 7.98. The number of methoxy groups -OCH3 is 1. The second-order valence-corrected chi connectivity index (χ2v) is 7.52. The van der Waals surface area contributed by atoms with Crippen molar-refractivity contribution in [2.45, 2.75) is 26.3 Å². The van der Waals surface area contributed by atoms with Gasteiger partial charge >= 0.3 is 0 Å². The normalized spacial score (nSPS) is 11.0. The maximum Gasteiger partial charge on any atom is 0.255 e. The summed E-state index contributed by atoms with van der Waals surface area (Å²) in [6.45, 7) is 5.72. The molecule has 0 unspecified atom stereocenters. The lowest BCUT2D eigenvalue weighted by Gasteiger charge is -2.20. The number of hydrogen-bond donors (Lipinski definition) is 2. The molecule has 0 bridgehead atoms. The van der Waals surface area contributed by atoms with E-state index in [4.69, 9.17) is 27.9 Å². The van der Waals surface area contributed by atoms with Crippen LogP contribution in [0.15, 0.2) is 36.4 Å². The number of anilines is 1. The van der Waals surface area contributed by atoms with Crippen LogP contribution in [-0.2, 0) is 0 Å². The van der Waals surface area contributed by atoms with Crippen molar-refractivity contribution in [2.24, 2.45) is 0 Å². The van der Waals surface area contributed by atoms with Crippen LogP contribution in [0.2, 0.25) is 10.0 Å². The SMILES string of the molecule is COc1c(Cl)cc(C(=O)Nc2ccc(C(=O)NC(C)(C)C)cc2)cc1Cl. The van der Waals surface area contributed by atoms with Gasteiger partial charge in [-0.05, 0) is 57.2 Å². The summed E-state index contributed by atoms with van der Waals surface area (Å²) in [5, 5.41) is 6.11. The standard InChI is InChI=1S/C19H20Cl2N2O3/c1-19(2,3)23-18(25)11-5-7-13(8-6-11)22-17(24)12-9-14(20)16(26-4)15(21)10-12/h5-10H,1-4H3,(H,22,24)(H,23,25). The van der Waals surface area contributed by atoms with E-state index in [2.05, 4.69) is 10.6 Å². The van der Waals surface area contributed by atoms with Crippen molar-refractivity contribution in [3.05, 3.63) is 57.6 Å². The quantitative estimate of drug-likeness (QED) is 0.783. The van der Waals surface area contributed by atoms with E-state index < -0.39 is 0 Å². The highest BCUT2D eigenvalue weighted by atomic mass is 35.5. The summed E-state index contributed by atoms with van der Waals surface area (Å²) >= 11 is 12.1. The van der Waals surface area contributed by atoms with Crippen molar-refractivity contribution < 1.29 is 14.3 Å². The summed E-state index contributed by atoms with van der Waals surface area (Å²) in [4.78, 5) is 24.5. The lowest BCUT2D eigenvalue weighted by atomic mass is 10.1. The summed E-state index contributed by atoms with van der Waals surface area (Å²) in [6.07, 6.45) is 0. The highest BCUT2D eigenvalue weighted by Crippen LogP contribution is 2.34. The van der Waals surface area contributed by atoms with Gasteiger partial charge in [0.2, 0.25) is 0 Å². The number of rotatable bonds is 4. The van der Waals surface area contributed by atoms with E-state index in [0.29, 0.717) is 22.6 Å². The molecule has 0 saturated heterocycles. The van der Waals surface area contributed by atoms with E-state index in [1.165, 1.54) is 19.2 Å². The molecule has 7 heteroatoms. The molecule has 0 atom stereocenters. The molecular weight excluding hydrogens is 375 g/mol. The topological polar surface area (TPSA) is 67.4 Å². The van der Waals surface area contributed by atoms with Crippen LogP contribution in [0.1, 0.15) is 41.5 Å². The number of amides is 2. The van der Waals surface area contributed by atoms with Gasteiger partial charge in [0.1, 0.15) is 0 Å². The zero-order chi connectivity index (χ0) is 19.5. The van der Waals surface area contributed by atoms with Crippen molar-refractivity contribution in [3.8, 4) is 5.75 Å². The smallest absolute Gasteiger partial charge is 0.255 e. The Labute approximate surface area is 162 Å². The highest BCUT2D eigenvalue weighted by Gasteiger charge is 2.16. The van der Waals surface area contributed by atoms with Gasteiger partial charge in [0, 0.05) is 22.4 Å². The lowest BCUT2D eigenvalue weighted by molar-refractivity contribution is 0.0919. The molecule has 138 valence electrons. The number of hydrogen-bond acceptors (Lipinski definition) is 3. The maximum absolute atomic E-state index is 12.4. The summed E-state index contributed by atoms with van der Waals surface area (Å²) in [6, 6.07) is 9.55. The largest absolute Gasteiger partial charge is 0.494 e. The maximum atomic E-state index is 12.4. The number of carbonyl (C=O) groups excluding carboxylic acids is 2. The van der Waals surface area contributed by atoms with Gasteiger partial charge in [0.05, 0.1) is 17.2 Å². The molecule has 0 heterocycles. The first-order chi connectivity index (χ1) is 12.1. The number of ether oxygens (including phenoxy) is 1. The highest BCUT2D eigenvalue weighted by molar-refractivity contribution is 6.37. The van der Waals surface area contributed by atoms with Crippen molar-refractivity contribution >= 4 is 40.7 Å². The molecule has 0 saturated carbocycles. The molecule has 26 heavy (non-hydrogen) atoms. The number of carbonyl (C=O) groups is 2. The van der Waals surface area contributed by atoms with Crippen LogP contribution in [0.25, 0.3) is 0 Å². The first-order valence-corrected chi connectivity index (χ1v) is 8.63. The number of benzene rings is 2. The molecule has 0 spiro atoms. The third kappa shape index (κ3) is 5.13. The molecule has 2 amide bonds. The first-order valence-electron chi connectivity index (χ1n) is 7.87.